The summed E-state index contributed by atoms with van der Waals surface area (Å²) < 4.78 is 5.93. The van der Waals surface area contributed by atoms with Crippen molar-refractivity contribution in [2.24, 2.45) is 0 Å². The predicted molar refractivity (Wildman–Crippen MR) is 85.7 cm³/mol. The molecule has 0 aliphatic rings. The van der Waals surface area contributed by atoms with Crippen molar-refractivity contribution in [3.63, 3.8) is 0 Å². The second-order valence-corrected chi connectivity index (χ2v) is 5.11. The minimum atomic E-state index is -0.482. The van der Waals surface area contributed by atoms with E-state index in [0.717, 1.165) is 0 Å². The summed E-state index contributed by atoms with van der Waals surface area (Å²) in [5.74, 6) is 0.0646. The molecule has 1 aromatic carbocycles. The van der Waals surface area contributed by atoms with Gasteiger partial charge >= 0.3 is 0 Å². The highest BCUT2D eigenvalue weighted by Crippen LogP contribution is 2.25. The van der Waals surface area contributed by atoms with Crippen molar-refractivity contribution in [1.82, 2.24) is 9.97 Å². The quantitative estimate of drug-likeness (QED) is 0.672. The van der Waals surface area contributed by atoms with Gasteiger partial charge in [-0.2, -0.15) is 0 Å². The standard InChI is InChI=1S/C14H15BrN4O3/c15-11-8-17-13(16)12(19-11)14(21)18-9-4-1-2-5-10(9)22-7-3-6-20/h1-2,4-5,8,20H,3,6-7H2,(H2,16,17)(H,18,21). The molecule has 1 heterocycles. The minimum Gasteiger partial charge on any atom is -0.491 e. The van der Waals surface area contributed by atoms with Crippen molar-refractivity contribution in [2.45, 2.75) is 6.42 Å². The van der Waals surface area contributed by atoms with Crippen LogP contribution in [0.2, 0.25) is 0 Å². The van der Waals surface area contributed by atoms with E-state index >= 15 is 0 Å². The van der Waals surface area contributed by atoms with E-state index in [2.05, 4.69) is 31.2 Å². The summed E-state index contributed by atoms with van der Waals surface area (Å²) in [6.45, 7) is 0.390. The highest BCUT2D eigenvalue weighted by Gasteiger charge is 2.15. The Labute approximate surface area is 135 Å². The van der Waals surface area contributed by atoms with E-state index in [9.17, 15) is 4.79 Å². The monoisotopic (exact) mass is 366 g/mol. The van der Waals surface area contributed by atoms with E-state index in [4.69, 9.17) is 15.6 Å². The number of aromatic nitrogens is 2. The Kier molecular flexibility index (Phi) is 5.68. The van der Waals surface area contributed by atoms with Gasteiger partial charge in [0.1, 0.15) is 10.4 Å². The van der Waals surface area contributed by atoms with E-state index in [1.807, 2.05) is 0 Å². The fraction of sp³-hybridized carbons (Fsp3) is 0.214. The molecule has 0 fully saturated rings. The largest absolute Gasteiger partial charge is 0.491 e. The number of hydrogen-bond acceptors (Lipinski definition) is 6. The summed E-state index contributed by atoms with van der Waals surface area (Å²) in [5.41, 5.74) is 6.19. The molecule has 7 nitrogen and oxygen atoms in total. The van der Waals surface area contributed by atoms with Gasteiger partial charge in [-0.3, -0.25) is 4.79 Å². The maximum absolute atomic E-state index is 12.3. The normalized spacial score (nSPS) is 10.3. The first kappa shape index (κ1) is 16.2. The van der Waals surface area contributed by atoms with Gasteiger partial charge in [0.05, 0.1) is 18.5 Å². The zero-order valence-electron chi connectivity index (χ0n) is 11.6. The number of nitrogens with zero attached hydrogens (tertiary/aromatic N) is 2. The molecule has 2 rings (SSSR count). The third kappa shape index (κ3) is 4.15. The average molecular weight is 367 g/mol. The van der Waals surface area contributed by atoms with Crippen LogP contribution < -0.4 is 15.8 Å². The highest BCUT2D eigenvalue weighted by atomic mass is 79.9. The van der Waals surface area contributed by atoms with Gasteiger partial charge in [0.25, 0.3) is 5.91 Å². The molecule has 0 bridgehead atoms. The Morgan fingerprint density at radius 3 is 2.95 bits per heavy atom. The molecule has 2 aromatic rings. The van der Waals surface area contributed by atoms with E-state index in [-0.39, 0.29) is 18.1 Å². The Morgan fingerprint density at radius 1 is 1.41 bits per heavy atom. The number of carbonyl (C=O) groups is 1. The second-order valence-electron chi connectivity index (χ2n) is 4.30. The summed E-state index contributed by atoms with van der Waals surface area (Å²) in [6.07, 6.45) is 1.92. The third-order valence-electron chi connectivity index (χ3n) is 2.68. The van der Waals surface area contributed by atoms with Crippen LogP contribution in [0.1, 0.15) is 16.9 Å². The third-order valence-corrected chi connectivity index (χ3v) is 3.06. The predicted octanol–water partition coefficient (Wildman–Crippen LogP) is 1.83. The lowest BCUT2D eigenvalue weighted by Gasteiger charge is -2.12. The molecule has 1 aromatic heterocycles. The number of ether oxygens (including phenoxy) is 1. The van der Waals surface area contributed by atoms with Crippen molar-refractivity contribution in [3.8, 4) is 5.75 Å². The van der Waals surface area contributed by atoms with Gasteiger partial charge in [-0.25, -0.2) is 9.97 Å². The second kappa shape index (κ2) is 7.71. The molecule has 0 aliphatic carbocycles. The highest BCUT2D eigenvalue weighted by molar-refractivity contribution is 9.10. The van der Waals surface area contributed by atoms with Crippen LogP contribution in [0.15, 0.2) is 35.1 Å². The Morgan fingerprint density at radius 2 is 2.18 bits per heavy atom. The van der Waals surface area contributed by atoms with Gasteiger partial charge < -0.3 is 20.9 Å². The first-order valence-electron chi connectivity index (χ1n) is 6.54. The van der Waals surface area contributed by atoms with Gasteiger partial charge in [-0.05, 0) is 28.1 Å². The van der Waals surface area contributed by atoms with Crippen LogP contribution in [0.25, 0.3) is 0 Å². The number of nitrogens with one attached hydrogen (secondary N) is 1. The first-order valence-corrected chi connectivity index (χ1v) is 7.33. The van der Waals surface area contributed by atoms with Crippen molar-refractivity contribution in [1.29, 1.82) is 0 Å². The van der Waals surface area contributed by atoms with E-state index in [0.29, 0.717) is 29.1 Å². The number of aliphatic hydroxyl groups excluding tert-OH is 1. The van der Waals surface area contributed by atoms with Crippen LogP contribution in [0.5, 0.6) is 5.75 Å². The topological polar surface area (TPSA) is 110 Å². The number of aliphatic hydroxyl groups is 1. The fourth-order valence-corrected chi connectivity index (χ4v) is 1.95. The molecule has 8 heteroatoms. The SMILES string of the molecule is Nc1ncc(Br)nc1C(=O)Nc1ccccc1OCCCO. The zero-order chi connectivity index (χ0) is 15.9. The van der Waals surface area contributed by atoms with Crippen LogP contribution in [0.4, 0.5) is 11.5 Å². The number of nitrogens with two attached hydrogens (primary N) is 1. The molecule has 4 N–H and O–H groups in total. The summed E-state index contributed by atoms with van der Waals surface area (Å²) in [5, 5.41) is 11.5. The number of hydrogen-bond donors (Lipinski definition) is 3. The van der Waals surface area contributed by atoms with Crippen LogP contribution in [0, 0.1) is 0 Å². The van der Waals surface area contributed by atoms with Gasteiger partial charge in [0, 0.05) is 13.0 Å². The van der Waals surface area contributed by atoms with Crippen molar-refractivity contribution in [2.75, 3.05) is 24.3 Å². The molecular formula is C14H15BrN4O3. The van der Waals surface area contributed by atoms with Crippen molar-refractivity contribution < 1.29 is 14.6 Å². The lowest BCUT2D eigenvalue weighted by molar-refractivity contribution is 0.102. The Balaban J connectivity index is 2.16. The molecule has 0 saturated carbocycles. The molecule has 1 amide bonds. The molecule has 0 radical (unpaired) electrons. The number of amides is 1. The number of para-hydroxylation sites is 2. The number of halogens is 1. The van der Waals surface area contributed by atoms with Gasteiger partial charge in [-0.15, -0.1) is 0 Å². The molecule has 0 aliphatic heterocycles. The number of rotatable bonds is 6. The summed E-state index contributed by atoms with van der Waals surface area (Å²) >= 11 is 3.15. The smallest absolute Gasteiger partial charge is 0.278 e. The maximum atomic E-state index is 12.3. The minimum absolute atomic E-state index is 0.0273. The summed E-state index contributed by atoms with van der Waals surface area (Å²) in [6, 6.07) is 6.98. The van der Waals surface area contributed by atoms with Gasteiger partial charge in [-0.1, -0.05) is 12.1 Å². The Bertz CT molecular complexity index is 666. The number of nitrogen functional groups attached to an aromatic ring is 1. The number of carbonyl (C=O) groups excluding carboxylic acids is 1. The number of anilines is 2. The van der Waals surface area contributed by atoms with Crippen molar-refractivity contribution >= 4 is 33.3 Å². The zero-order valence-corrected chi connectivity index (χ0v) is 13.2. The fourth-order valence-electron chi connectivity index (χ4n) is 1.67. The van der Waals surface area contributed by atoms with Crippen LogP contribution >= 0.6 is 15.9 Å². The van der Waals surface area contributed by atoms with Gasteiger partial charge in [0.2, 0.25) is 0 Å². The van der Waals surface area contributed by atoms with E-state index in [1.54, 1.807) is 24.3 Å². The maximum Gasteiger partial charge on any atom is 0.278 e. The summed E-state index contributed by atoms with van der Waals surface area (Å²) in [4.78, 5) is 20.1. The van der Waals surface area contributed by atoms with Crippen LogP contribution in [-0.2, 0) is 0 Å². The molecule has 0 saturated heterocycles. The molecule has 22 heavy (non-hydrogen) atoms. The molecule has 0 unspecified atom stereocenters. The summed E-state index contributed by atoms with van der Waals surface area (Å²) in [7, 11) is 0. The lowest BCUT2D eigenvalue weighted by atomic mass is 10.2. The van der Waals surface area contributed by atoms with Gasteiger partial charge in [0.15, 0.2) is 11.5 Å². The molecule has 116 valence electrons. The van der Waals surface area contributed by atoms with Crippen molar-refractivity contribution in [3.05, 3.63) is 40.8 Å². The number of benzene rings is 1. The molecular weight excluding hydrogens is 352 g/mol. The lowest BCUT2D eigenvalue weighted by Crippen LogP contribution is -2.17. The van der Waals surface area contributed by atoms with Crippen LogP contribution in [-0.4, -0.2) is 34.2 Å². The van der Waals surface area contributed by atoms with Crippen LogP contribution in [0.3, 0.4) is 0 Å². The Hall–Kier alpha value is -2.19. The first-order chi connectivity index (χ1) is 10.6. The molecule has 0 spiro atoms. The van der Waals surface area contributed by atoms with E-state index in [1.165, 1.54) is 6.20 Å². The van der Waals surface area contributed by atoms with E-state index < -0.39 is 5.91 Å². The average Bonchev–Trinajstić information content (AvgIpc) is 2.51. The molecule has 0 atom stereocenters.